The van der Waals surface area contributed by atoms with Crippen molar-refractivity contribution in [1.82, 2.24) is 10.2 Å². The normalized spacial score (nSPS) is 20.6. The average Bonchev–Trinajstić information content (AvgIpc) is 2.74. The molecular formula is C16H26N2. The van der Waals surface area contributed by atoms with E-state index in [2.05, 4.69) is 50.2 Å². The van der Waals surface area contributed by atoms with E-state index in [0.717, 1.165) is 19.0 Å². The molecule has 1 N–H and O–H groups in total. The van der Waals surface area contributed by atoms with Crippen molar-refractivity contribution in [2.45, 2.75) is 33.7 Å². The Morgan fingerprint density at radius 2 is 1.89 bits per heavy atom. The molecule has 2 nitrogen and oxygen atoms in total. The van der Waals surface area contributed by atoms with Gasteiger partial charge in [0.05, 0.1) is 0 Å². The smallest absolute Gasteiger partial charge is 0.0236 e. The van der Waals surface area contributed by atoms with Gasteiger partial charge < -0.3 is 5.32 Å². The first kappa shape index (κ1) is 13.6. The van der Waals surface area contributed by atoms with Crippen LogP contribution in [0.3, 0.4) is 0 Å². The third kappa shape index (κ3) is 3.12. The van der Waals surface area contributed by atoms with Gasteiger partial charge in [0.15, 0.2) is 0 Å². The highest BCUT2D eigenvalue weighted by molar-refractivity contribution is 5.36. The van der Waals surface area contributed by atoms with E-state index in [-0.39, 0.29) is 0 Å². The van der Waals surface area contributed by atoms with Crippen LogP contribution in [0.1, 0.15) is 28.7 Å². The molecule has 0 amide bonds. The van der Waals surface area contributed by atoms with Gasteiger partial charge in [0, 0.05) is 13.1 Å². The summed E-state index contributed by atoms with van der Waals surface area (Å²) in [7, 11) is 2.05. The standard InChI is InChI=1S/C16H26N2/c1-12-7-14(3)16(8-13(12)2)11-18-6-5-15(10-18)9-17-4/h7-8,15,17H,5-6,9-11H2,1-4H3. The van der Waals surface area contributed by atoms with E-state index in [1.165, 1.54) is 41.8 Å². The first-order valence-corrected chi connectivity index (χ1v) is 7.04. The molecular weight excluding hydrogens is 220 g/mol. The van der Waals surface area contributed by atoms with Crippen molar-refractivity contribution in [3.8, 4) is 0 Å². The summed E-state index contributed by atoms with van der Waals surface area (Å²) in [6.07, 6.45) is 1.34. The van der Waals surface area contributed by atoms with E-state index in [4.69, 9.17) is 0 Å². The predicted octanol–water partition coefficient (Wildman–Crippen LogP) is 2.65. The summed E-state index contributed by atoms with van der Waals surface area (Å²) in [5.74, 6) is 0.835. The number of nitrogens with zero attached hydrogens (tertiary/aromatic N) is 1. The molecule has 2 rings (SSSR count). The van der Waals surface area contributed by atoms with Gasteiger partial charge in [-0.15, -0.1) is 0 Å². The summed E-state index contributed by atoms with van der Waals surface area (Å²) in [5, 5.41) is 3.30. The molecule has 1 unspecified atom stereocenters. The molecule has 2 heteroatoms. The predicted molar refractivity (Wildman–Crippen MR) is 78.0 cm³/mol. The Morgan fingerprint density at radius 3 is 2.61 bits per heavy atom. The number of rotatable bonds is 4. The lowest BCUT2D eigenvalue weighted by Crippen LogP contribution is -2.24. The Kier molecular flexibility index (Phi) is 4.41. The molecule has 1 atom stereocenters. The summed E-state index contributed by atoms with van der Waals surface area (Å²) in [4.78, 5) is 2.60. The Labute approximate surface area is 111 Å². The van der Waals surface area contributed by atoms with Gasteiger partial charge in [-0.1, -0.05) is 12.1 Å². The lowest BCUT2D eigenvalue weighted by molar-refractivity contribution is 0.315. The van der Waals surface area contributed by atoms with Crippen LogP contribution >= 0.6 is 0 Å². The maximum atomic E-state index is 3.30. The van der Waals surface area contributed by atoms with E-state index >= 15 is 0 Å². The second-order valence-corrected chi connectivity index (χ2v) is 5.81. The van der Waals surface area contributed by atoms with Crippen LogP contribution in [-0.4, -0.2) is 31.6 Å². The van der Waals surface area contributed by atoms with Crippen molar-refractivity contribution in [3.63, 3.8) is 0 Å². The minimum atomic E-state index is 0.835. The van der Waals surface area contributed by atoms with Crippen LogP contribution in [-0.2, 0) is 6.54 Å². The van der Waals surface area contributed by atoms with Gasteiger partial charge in [-0.05, 0) is 75.5 Å². The van der Waals surface area contributed by atoms with Gasteiger partial charge in [0.25, 0.3) is 0 Å². The van der Waals surface area contributed by atoms with Crippen LogP contribution < -0.4 is 5.32 Å². The lowest BCUT2D eigenvalue weighted by atomic mass is 10.0. The van der Waals surface area contributed by atoms with Crippen LogP contribution in [0.5, 0.6) is 0 Å². The quantitative estimate of drug-likeness (QED) is 0.878. The number of benzene rings is 1. The number of hydrogen-bond acceptors (Lipinski definition) is 2. The maximum Gasteiger partial charge on any atom is 0.0236 e. The number of aryl methyl sites for hydroxylation is 3. The molecule has 1 aromatic rings. The van der Waals surface area contributed by atoms with Gasteiger partial charge >= 0.3 is 0 Å². The summed E-state index contributed by atoms with van der Waals surface area (Å²) in [6, 6.07) is 4.70. The molecule has 18 heavy (non-hydrogen) atoms. The SMILES string of the molecule is CNCC1CCN(Cc2cc(C)c(C)cc2C)C1. The zero-order valence-electron chi connectivity index (χ0n) is 12.2. The van der Waals surface area contributed by atoms with Gasteiger partial charge in [-0.25, -0.2) is 0 Å². The zero-order chi connectivity index (χ0) is 13.1. The molecule has 0 radical (unpaired) electrons. The van der Waals surface area contributed by atoms with Crippen LogP contribution in [0.15, 0.2) is 12.1 Å². The summed E-state index contributed by atoms with van der Waals surface area (Å²) in [6.45, 7) is 11.4. The summed E-state index contributed by atoms with van der Waals surface area (Å²) >= 11 is 0. The lowest BCUT2D eigenvalue weighted by Gasteiger charge is -2.18. The Bertz CT molecular complexity index is 412. The Morgan fingerprint density at radius 1 is 1.17 bits per heavy atom. The van der Waals surface area contributed by atoms with E-state index in [9.17, 15) is 0 Å². The minimum Gasteiger partial charge on any atom is -0.319 e. The fourth-order valence-corrected chi connectivity index (χ4v) is 2.94. The molecule has 0 saturated carbocycles. The molecule has 1 fully saturated rings. The fraction of sp³-hybridized carbons (Fsp3) is 0.625. The molecule has 1 saturated heterocycles. The van der Waals surface area contributed by atoms with Gasteiger partial charge in [0.1, 0.15) is 0 Å². The average molecular weight is 246 g/mol. The first-order chi connectivity index (χ1) is 8.60. The fourth-order valence-electron chi connectivity index (χ4n) is 2.94. The molecule has 0 aromatic heterocycles. The van der Waals surface area contributed by atoms with Gasteiger partial charge in [0.2, 0.25) is 0 Å². The van der Waals surface area contributed by atoms with E-state index in [1.54, 1.807) is 0 Å². The van der Waals surface area contributed by atoms with Crippen molar-refractivity contribution in [2.75, 3.05) is 26.7 Å². The molecule has 1 aromatic carbocycles. The van der Waals surface area contributed by atoms with Crippen molar-refractivity contribution in [1.29, 1.82) is 0 Å². The Balaban J connectivity index is 2.00. The van der Waals surface area contributed by atoms with Crippen molar-refractivity contribution >= 4 is 0 Å². The topological polar surface area (TPSA) is 15.3 Å². The van der Waals surface area contributed by atoms with Crippen LogP contribution in [0.2, 0.25) is 0 Å². The molecule has 1 aliphatic heterocycles. The maximum absolute atomic E-state index is 3.30. The van der Waals surface area contributed by atoms with E-state index < -0.39 is 0 Å². The van der Waals surface area contributed by atoms with Crippen molar-refractivity contribution < 1.29 is 0 Å². The molecule has 1 aliphatic rings. The highest BCUT2D eigenvalue weighted by Crippen LogP contribution is 2.21. The highest BCUT2D eigenvalue weighted by Gasteiger charge is 2.22. The third-order valence-electron chi connectivity index (χ3n) is 4.21. The second-order valence-electron chi connectivity index (χ2n) is 5.81. The van der Waals surface area contributed by atoms with E-state index in [1.807, 2.05) is 0 Å². The number of likely N-dealkylation sites (tertiary alicyclic amines) is 1. The summed E-state index contributed by atoms with van der Waals surface area (Å²) in [5.41, 5.74) is 5.77. The number of hydrogen-bond donors (Lipinski definition) is 1. The molecule has 0 aliphatic carbocycles. The molecule has 0 bridgehead atoms. The highest BCUT2D eigenvalue weighted by atomic mass is 15.1. The minimum absolute atomic E-state index is 0.835. The molecule has 100 valence electrons. The molecule has 0 spiro atoms. The second kappa shape index (κ2) is 5.85. The third-order valence-corrected chi connectivity index (χ3v) is 4.21. The monoisotopic (exact) mass is 246 g/mol. The van der Waals surface area contributed by atoms with Crippen molar-refractivity contribution in [2.24, 2.45) is 5.92 Å². The zero-order valence-corrected chi connectivity index (χ0v) is 12.2. The van der Waals surface area contributed by atoms with Gasteiger partial charge in [-0.2, -0.15) is 0 Å². The largest absolute Gasteiger partial charge is 0.319 e. The summed E-state index contributed by atoms with van der Waals surface area (Å²) < 4.78 is 0. The number of nitrogens with one attached hydrogen (secondary N) is 1. The van der Waals surface area contributed by atoms with E-state index in [0.29, 0.717) is 0 Å². The first-order valence-electron chi connectivity index (χ1n) is 7.04. The van der Waals surface area contributed by atoms with Gasteiger partial charge in [-0.3, -0.25) is 4.90 Å². The Hall–Kier alpha value is -0.860. The van der Waals surface area contributed by atoms with Crippen LogP contribution in [0.25, 0.3) is 0 Å². The molecule has 1 heterocycles. The van der Waals surface area contributed by atoms with Crippen LogP contribution in [0, 0.1) is 26.7 Å². The van der Waals surface area contributed by atoms with Crippen molar-refractivity contribution in [3.05, 3.63) is 34.4 Å². The van der Waals surface area contributed by atoms with Crippen LogP contribution in [0.4, 0.5) is 0 Å².